The van der Waals surface area contributed by atoms with Crippen molar-refractivity contribution >= 4 is 32.9 Å². The first-order valence-corrected chi connectivity index (χ1v) is 8.30. The van der Waals surface area contributed by atoms with E-state index in [2.05, 4.69) is 0 Å². The van der Waals surface area contributed by atoms with E-state index < -0.39 is 5.43 Å². The predicted octanol–water partition coefficient (Wildman–Crippen LogP) is 4.18. The molecule has 0 aliphatic heterocycles. The van der Waals surface area contributed by atoms with Crippen molar-refractivity contribution in [1.82, 2.24) is 0 Å². The fourth-order valence-corrected chi connectivity index (χ4v) is 3.35. The van der Waals surface area contributed by atoms with Gasteiger partial charge in [0.2, 0.25) is 0 Å². The van der Waals surface area contributed by atoms with Crippen LogP contribution in [0.15, 0.2) is 62.2 Å². The minimum atomic E-state index is -0.457. The molecule has 28 heavy (non-hydrogen) atoms. The number of rotatable bonds is 1. The molecule has 2 heterocycles. The van der Waals surface area contributed by atoms with Gasteiger partial charge in [-0.2, -0.15) is 0 Å². The van der Waals surface area contributed by atoms with Crippen molar-refractivity contribution in [1.29, 1.82) is 0 Å². The van der Waals surface area contributed by atoms with Crippen molar-refractivity contribution in [3.05, 3.63) is 58.8 Å². The Bertz CT molecular complexity index is 1460. The number of fused-ring (bicyclic) bond motifs is 5. The van der Waals surface area contributed by atoms with Gasteiger partial charge in [0.05, 0.1) is 5.39 Å². The molecule has 0 bridgehead atoms. The molecule has 4 N–H and O–H groups in total. The lowest BCUT2D eigenvalue weighted by molar-refractivity contribution is 0.404. The highest BCUT2D eigenvalue weighted by Gasteiger charge is 2.20. The number of phenols is 4. The summed E-state index contributed by atoms with van der Waals surface area (Å²) in [4.78, 5) is 12.7. The Hall–Kier alpha value is -4.13. The van der Waals surface area contributed by atoms with Crippen LogP contribution in [0.25, 0.3) is 44.2 Å². The molecule has 0 aliphatic carbocycles. The SMILES string of the molecule is O=c1cc(-c2ccc(O)cc2)oc2c1c(O)cc1oc3cc(O)c(O)cc3c12. The summed E-state index contributed by atoms with van der Waals surface area (Å²) >= 11 is 0. The van der Waals surface area contributed by atoms with Gasteiger partial charge >= 0.3 is 0 Å². The first kappa shape index (κ1) is 16.1. The van der Waals surface area contributed by atoms with E-state index >= 15 is 0 Å². The number of phenolic OH excluding ortho intramolecular Hbond substituents is 4. The van der Waals surface area contributed by atoms with E-state index in [1.165, 1.54) is 36.4 Å². The molecule has 5 rings (SSSR count). The summed E-state index contributed by atoms with van der Waals surface area (Å²) in [6.45, 7) is 0. The van der Waals surface area contributed by atoms with E-state index in [0.717, 1.165) is 0 Å². The number of aromatic hydroxyl groups is 4. The summed E-state index contributed by atoms with van der Waals surface area (Å²) < 4.78 is 11.6. The van der Waals surface area contributed by atoms with Gasteiger partial charge in [-0.3, -0.25) is 4.79 Å². The lowest BCUT2D eigenvalue weighted by Crippen LogP contribution is -2.01. The van der Waals surface area contributed by atoms with Crippen molar-refractivity contribution in [3.63, 3.8) is 0 Å². The Kier molecular flexibility index (Phi) is 3.12. The standard InChI is InChI=1S/C21H12O7/c22-10-3-1-9(2-4-10)16-7-14(25)20-15(26)8-18-19(21(20)28-16)11-5-12(23)13(24)6-17(11)27-18/h1-8,22-24,26H. The van der Waals surface area contributed by atoms with Gasteiger partial charge in [0.15, 0.2) is 22.5 Å². The molecule has 0 amide bonds. The molecule has 5 aromatic rings. The molecule has 3 aromatic carbocycles. The summed E-state index contributed by atoms with van der Waals surface area (Å²) in [5.41, 5.74) is 0.683. The highest BCUT2D eigenvalue weighted by molar-refractivity contribution is 6.18. The van der Waals surface area contributed by atoms with Crippen LogP contribution in [0.2, 0.25) is 0 Å². The topological polar surface area (TPSA) is 124 Å². The zero-order valence-electron chi connectivity index (χ0n) is 14.1. The quantitative estimate of drug-likeness (QED) is 0.323. The van der Waals surface area contributed by atoms with Crippen molar-refractivity contribution < 1.29 is 29.3 Å². The number of furan rings is 1. The molecule has 0 saturated heterocycles. The zero-order chi connectivity index (χ0) is 19.6. The largest absolute Gasteiger partial charge is 0.508 e. The monoisotopic (exact) mass is 376 g/mol. The molecule has 0 radical (unpaired) electrons. The third-order valence-electron chi connectivity index (χ3n) is 4.66. The lowest BCUT2D eigenvalue weighted by atomic mass is 10.1. The molecular formula is C21H12O7. The van der Waals surface area contributed by atoms with Gasteiger partial charge in [-0.15, -0.1) is 0 Å². The molecule has 138 valence electrons. The second-order valence-corrected chi connectivity index (χ2v) is 6.43. The maximum atomic E-state index is 12.7. The van der Waals surface area contributed by atoms with E-state index in [9.17, 15) is 25.2 Å². The van der Waals surface area contributed by atoms with Crippen molar-refractivity contribution in [2.45, 2.75) is 0 Å². The van der Waals surface area contributed by atoms with Crippen LogP contribution in [0.4, 0.5) is 0 Å². The van der Waals surface area contributed by atoms with Crippen LogP contribution in [0.5, 0.6) is 23.0 Å². The highest BCUT2D eigenvalue weighted by Crippen LogP contribution is 2.42. The van der Waals surface area contributed by atoms with Crippen LogP contribution in [-0.4, -0.2) is 20.4 Å². The van der Waals surface area contributed by atoms with Crippen molar-refractivity contribution in [2.75, 3.05) is 0 Å². The third kappa shape index (κ3) is 2.20. The van der Waals surface area contributed by atoms with Crippen molar-refractivity contribution in [3.8, 4) is 34.3 Å². The number of benzene rings is 3. The van der Waals surface area contributed by atoms with Crippen LogP contribution in [0.1, 0.15) is 0 Å². The number of hydrogen-bond donors (Lipinski definition) is 4. The van der Waals surface area contributed by atoms with Gasteiger partial charge in [-0.1, -0.05) is 0 Å². The third-order valence-corrected chi connectivity index (χ3v) is 4.66. The summed E-state index contributed by atoms with van der Waals surface area (Å²) in [7, 11) is 0. The maximum absolute atomic E-state index is 12.7. The van der Waals surface area contributed by atoms with Gasteiger partial charge < -0.3 is 29.3 Å². The number of hydrogen-bond acceptors (Lipinski definition) is 7. The molecule has 0 atom stereocenters. The lowest BCUT2D eigenvalue weighted by Gasteiger charge is -2.06. The molecule has 0 aliphatic rings. The summed E-state index contributed by atoms with van der Waals surface area (Å²) in [6, 6.07) is 11.2. The average Bonchev–Trinajstić information content (AvgIpc) is 2.99. The molecule has 0 fully saturated rings. The van der Waals surface area contributed by atoms with Gasteiger partial charge in [-0.25, -0.2) is 0 Å². The van der Waals surface area contributed by atoms with Gasteiger partial charge in [0, 0.05) is 29.1 Å². The molecule has 2 aromatic heterocycles. The Morgan fingerprint density at radius 2 is 1.36 bits per heavy atom. The molecule has 0 spiro atoms. The molecular weight excluding hydrogens is 364 g/mol. The molecule has 7 heteroatoms. The average molecular weight is 376 g/mol. The van der Waals surface area contributed by atoms with Crippen LogP contribution in [0, 0.1) is 0 Å². The maximum Gasteiger partial charge on any atom is 0.197 e. The Balaban J connectivity index is 1.96. The second-order valence-electron chi connectivity index (χ2n) is 6.43. The van der Waals surface area contributed by atoms with Crippen LogP contribution < -0.4 is 5.43 Å². The molecule has 7 nitrogen and oxygen atoms in total. The van der Waals surface area contributed by atoms with Gasteiger partial charge in [0.1, 0.15) is 33.8 Å². The fourth-order valence-electron chi connectivity index (χ4n) is 3.35. The minimum absolute atomic E-state index is 0.0229. The normalized spacial score (nSPS) is 11.6. The van der Waals surface area contributed by atoms with E-state index in [4.69, 9.17) is 8.83 Å². The van der Waals surface area contributed by atoms with E-state index in [0.29, 0.717) is 16.3 Å². The first-order chi connectivity index (χ1) is 13.4. The van der Waals surface area contributed by atoms with Gasteiger partial charge in [-0.05, 0) is 30.3 Å². The molecule has 0 saturated carbocycles. The van der Waals surface area contributed by atoms with Crippen molar-refractivity contribution in [2.24, 2.45) is 0 Å². The van der Waals surface area contributed by atoms with E-state index in [1.54, 1.807) is 12.1 Å². The van der Waals surface area contributed by atoms with E-state index in [-0.39, 0.29) is 50.9 Å². The summed E-state index contributed by atoms with van der Waals surface area (Å²) in [5, 5.41) is 40.2. The van der Waals surface area contributed by atoms with Crippen LogP contribution >= 0.6 is 0 Å². The second kappa shape index (κ2) is 5.43. The van der Waals surface area contributed by atoms with Crippen LogP contribution in [0.3, 0.4) is 0 Å². The Labute approximate surface area is 155 Å². The molecule has 0 unspecified atom stereocenters. The Morgan fingerprint density at radius 3 is 2.11 bits per heavy atom. The predicted molar refractivity (Wildman–Crippen MR) is 102 cm³/mol. The smallest absolute Gasteiger partial charge is 0.197 e. The highest BCUT2D eigenvalue weighted by atomic mass is 16.4. The fraction of sp³-hybridized carbons (Fsp3) is 0. The zero-order valence-corrected chi connectivity index (χ0v) is 14.1. The minimum Gasteiger partial charge on any atom is -0.508 e. The van der Waals surface area contributed by atoms with Crippen LogP contribution in [-0.2, 0) is 0 Å². The first-order valence-electron chi connectivity index (χ1n) is 8.30. The Morgan fingerprint density at radius 1 is 0.679 bits per heavy atom. The van der Waals surface area contributed by atoms with E-state index in [1.807, 2.05) is 0 Å². The summed E-state index contributed by atoms with van der Waals surface area (Å²) in [6.07, 6.45) is 0. The summed E-state index contributed by atoms with van der Waals surface area (Å²) in [5.74, 6) is -0.703. The van der Waals surface area contributed by atoms with Gasteiger partial charge in [0.25, 0.3) is 0 Å².